The third-order valence-electron chi connectivity index (χ3n) is 3.95. The van der Waals surface area contributed by atoms with Crippen LogP contribution >= 0.6 is 7.82 Å². The highest BCUT2D eigenvalue weighted by Crippen LogP contribution is 2.39. The molecule has 2 N–H and O–H groups in total. The van der Waals surface area contributed by atoms with Crippen molar-refractivity contribution in [2.75, 3.05) is 6.61 Å². The summed E-state index contributed by atoms with van der Waals surface area (Å²) in [4.78, 5) is 64.0. The molecule has 1 aromatic rings. The number of hydrogen-bond acceptors (Lipinski definition) is 12. The number of benzene rings is 1. The predicted molar refractivity (Wildman–Crippen MR) is 107 cm³/mol. The monoisotopic (exact) mass is 506 g/mol. The SMILES string of the molecule is CC(=O)Oc1ccc(O[C@@H]2O[C@H](COP(=O)(O)O)[C@@H](OC(C)=O)[C@H]2OC(C)=O)c(OC(C)=O)c1. The molecule has 0 aliphatic carbocycles. The molecule has 0 spiro atoms. The van der Waals surface area contributed by atoms with Gasteiger partial charge in [-0.3, -0.25) is 23.7 Å². The first-order valence-electron chi connectivity index (χ1n) is 9.62. The van der Waals surface area contributed by atoms with Gasteiger partial charge in [-0.1, -0.05) is 0 Å². The Morgan fingerprint density at radius 3 is 2.00 bits per heavy atom. The van der Waals surface area contributed by atoms with Crippen molar-refractivity contribution in [3.8, 4) is 17.2 Å². The van der Waals surface area contributed by atoms with Gasteiger partial charge in [-0.05, 0) is 12.1 Å². The van der Waals surface area contributed by atoms with E-state index in [0.717, 1.165) is 20.8 Å². The van der Waals surface area contributed by atoms with Gasteiger partial charge in [0.25, 0.3) is 0 Å². The summed E-state index contributed by atoms with van der Waals surface area (Å²) in [7, 11) is -4.92. The summed E-state index contributed by atoms with van der Waals surface area (Å²) in [6.45, 7) is 3.66. The number of hydrogen-bond donors (Lipinski definition) is 2. The van der Waals surface area contributed by atoms with Crippen molar-refractivity contribution in [3.05, 3.63) is 18.2 Å². The van der Waals surface area contributed by atoms with Crippen LogP contribution in [-0.2, 0) is 42.5 Å². The molecule has 0 amide bonds. The van der Waals surface area contributed by atoms with Gasteiger partial charge in [0.1, 0.15) is 11.9 Å². The molecular formula is C19H23O14P. The Bertz CT molecular complexity index is 985. The molecule has 1 fully saturated rings. The zero-order valence-corrected chi connectivity index (χ0v) is 19.4. The number of carbonyl (C=O) groups excluding carboxylic acids is 4. The zero-order chi connectivity index (χ0) is 25.6. The average Bonchev–Trinajstić information content (AvgIpc) is 2.96. The first-order valence-corrected chi connectivity index (χ1v) is 11.2. The maximum Gasteiger partial charge on any atom is 0.469 e. The molecule has 188 valence electrons. The molecule has 0 saturated carbocycles. The molecule has 15 heteroatoms. The molecule has 14 nitrogen and oxygen atoms in total. The predicted octanol–water partition coefficient (Wildman–Crippen LogP) is 0.614. The fourth-order valence-corrected chi connectivity index (χ4v) is 3.26. The van der Waals surface area contributed by atoms with Crippen LogP contribution in [0.25, 0.3) is 0 Å². The lowest BCUT2D eigenvalue weighted by Crippen LogP contribution is -2.42. The lowest BCUT2D eigenvalue weighted by Gasteiger charge is -2.24. The van der Waals surface area contributed by atoms with Crippen molar-refractivity contribution in [2.24, 2.45) is 0 Å². The van der Waals surface area contributed by atoms with Crippen LogP contribution in [0.15, 0.2) is 18.2 Å². The van der Waals surface area contributed by atoms with Gasteiger partial charge < -0.3 is 38.2 Å². The van der Waals surface area contributed by atoms with Gasteiger partial charge in [-0.2, -0.15) is 0 Å². The molecule has 0 radical (unpaired) electrons. The van der Waals surface area contributed by atoms with E-state index in [0.29, 0.717) is 0 Å². The largest absolute Gasteiger partial charge is 0.469 e. The van der Waals surface area contributed by atoms with Gasteiger partial charge in [0.2, 0.25) is 12.4 Å². The summed E-state index contributed by atoms with van der Waals surface area (Å²) in [5.74, 6) is -3.25. The highest BCUT2D eigenvalue weighted by molar-refractivity contribution is 7.46. The molecule has 1 heterocycles. The molecule has 34 heavy (non-hydrogen) atoms. The topological polar surface area (TPSA) is 190 Å². The van der Waals surface area contributed by atoms with Crippen LogP contribution in [0.3, 0.4) is 0 Å². The van der Waals surface area contributed by atoms with E-state index in [9.17, 15) is 23.7 Å². The smallest absolute Gasteiger partial charge is 0.457 e. The Kier molecular flexibility index (Phi) is 9.13. The molecule has 0 unspecified atom stereocenters. The summed E-state index contributed by atoms with van der Waals surface area (Å²) < 4.78 is 47.1. The third-order valence-corrected chi connectivity index (χ3v) is 4.44. The van der Waals surface area contributed by atoms with E-state index in [1.165, 1.54) is 25.1 Å². The number of phosphoric ester groups is 1. The van der Waals surface area contributed by atoms with Crippen LogP contribution in [0.1, 0.15) is 27.7 Å². The summed E-state index contributed by atoms with van der Waals surface area (Å²) in [5.41, 5.74) is 0. The van der Waals surface area contributed by atoms with Crippen molar-refractivity contribution >= 4 is 31.7 Å². The minimum Gasteiger partial charge on any atom is -0.457 e. The van der Waals surface area contributed by atoms with Crippen molar-refractivity contribution in [1.82, 2.24) is 0 Å². The molecule has 0 bridgehead atoms. The lowest BCUT2D eigenvalue weighted by molar-refractivity contribution is -0.170. The van der Waals surface area contributed by atoms with Crippen molar-refractivity contribution in [1.29, 1.82) is 0 Å². The van der Waals surface area contributed by atoms with E-state index in [1.54, 1.807) is 0 Å². The number of ether oxygens (including phenoxy) is 6. The zero-order valence-electron chi connectivity index (χ0n) is 18.5. The second-order valence-electron chi connectivity index (χ2n) is 6.89. The normalized spacial score (nSPS) is 21.9. The number of rotatable bonds is 9. The van der Waals surface area contributed by atoms with Gasteiger partial charge in [-0.15, -0.1) is 0 Å². The van der Waals surface area contributed by atoms with E-state index in [2.05, 4.69) is 4.52 Å². The maximum absolute atomic E-state index is 11.7. The van der Waals surface area contributed by atoms with Gasteiger partial charge in [0.15, 0.2) is 17.6 Å². The molecule has 1 aromatic carbocycles. The van der Waals surface area contributed by atoms with Gasteiger partial charge in [0, 0.05) is 33.8 Å². The summed E-state index contributed by atoms with van der Waals surface area (Å²) in [5, 5.41) is 0. The fourth-order valence-electron chi connectivity index (χ4n) is 2.92. The molecular weight excluding hydrogens is 483 g/mol. The Labute approximate surface area is 193 Å². The summed E-state index contributed by atoms with van der Waals surface area (Å²) >= 11 is 0. The molecule has 1 aliphatic rings. The van der Waals surface area contributed by atoms with Crippen LogP contribution in [0, 0.1) is 0 Å². The average molecular weight is 506 g/mol. The highest BCUT2D eigenvalue weighted by Gasteiger charge is 2.51. The second-order valence-corrected chi connectivity index (χ2v) is 8.13. The minimum atomic E-state index is -4.92. The Hall–Kier alpha value is -3.03. The number of esters is 4. The highest BCUT2D eigenvalue weighted by atomic mass is 31.2. The minimum absolute atomic E-state index is 0.0330. The van der Waals surface area contributed by atoms with E-state index in [4.69, 9.17) is 38.2 Å². The Morgan fingerprint density at radius 1 is 0.882 bits per heavy atom. The lowest BCUT2D eigenvalue weighted by atomic mass is 10.1. The summed E-state index contributed by atoms with van der Waals surface area (Å²) in [6, 6.07) is 3.77. The first-order chi connectivity index (χ1) is 15.7. The van der Waals surface area contributed by atoms with E-state index < -0.39 is 62.9 Å². The standard InChI is InChI=1S/C19H23O14P/c1-9(20)28-13-5-6-14(15(7-13)29-10(2)21)32-19-18(31-12(4)23)17(30-11(3)22)16(33-19)8-27-34(24,25)26/h5-7,16-19H,8H2,1-4H3,(H2,24,25,26)/t16-,17-,18-,19-/m1/s1. The van der Waals surface area contributed by atoms with Gasteiger partial charge in [0.05, 0.1) is 6.61 Å². The number of phosphoric acid groups is 1. The number of carbonyl (C=O) groups is 4. The Morgan fingerprint density at radius 2 is 1.47 bits per heavy atom. The summed E-state index contributed by atoms with van der Waals surface area (Å²) in [6.07, 6.45) is -5.57. The molecule has 4 atom stereocenters. The van der Waals surface area contributed by atoms with Gasteiger partial charge >= 0.3 is 31.7 Å². The quantitative estimate of drug-likeness (QED) is 0.269. The van der Waals surface area contributed by atoms with E-state index in [1.807, 2.05) is 0 Å². The van der Waals surface area contributed by atoms with Crippen LogP contribution in [0.4, 0.5) is 0 Å². The van der Waals surface area contributed by atoms with Crippen LogP contribution in [-0.4, -0.2) is 64.9 Å². The maximum atomic E-state index is 11.7. The van der Waals surface area contributed by atoms with Gasteiger partial charge in [-0.25, -0.2) is 4.57 Å². The Balaban J connectivity index is 2.38. The third kappa shape index (κ3) is 8.39. The van der Waals surface area contributed by atoms with Crippen LogP contribution < -0.4 is 14.2 Å². The fraction of sp³-hybridized carbons (Fsp3) is 0.474. The van der Waals surface area contributed by atoms with Crippen molar-refractivity contribution in [2.45, 2.75) is 52.3 Å². The molecule has 1 saturated heterocycles. The van der Waals surface area contributed by atoms with Crippen molar-refractivity contribution < 1.29 is 66.5 Å². The van der Waals surface area contributed by atoms with Crippen LogP contribution in [0.2, 0.25) is 0 Å². The second kappa shape index (κ2) is 11.4. The molecule has 0 aromatic heterocycles. The first kappa shape index (κ1) is 27.2. The molecule has 1 aliphatic heterocycles. The van der Waals surface area contributed by atoms with E-state index >= 15 is 0 Å². The van der Waals surface area contributed by atoms with Crippen molar-refractivity contribution in [3.63, 3.8) is 0 Å². The van der Waals surface area contributed by atoms with E-state index in [-0.39, 0.29) is 17.2 Å². The van der Waals surface area contributed by atoms with Crippen LogP contribution in [0.5, 0.6) is 17.2 Å². The molecule has 2 rings (SSSR count).